The van der Waals surface area contributed by atoms with Crippen molar-refractivity contribution in [2.45, 2.75) is 23.7 Å². The molecule has 0 atom stereocenters. The van der Waals surface area contributed by atoms with Crippen molar-refractivity contribution in [3.63, 3.8) is 0 Å². The Morgan fingerprint density at radius 3 is 2.25 bits per heavy atom. The van der Waals surface area contributed by atoms with Crippen molar-refractivity contribution in [2.24, 2.45) is 0 Å². The monoisotopic (exact) mass is 243 g/mol. The van der Waals surface area contributed by atoms with Gasteiger partial charge in [-0.15, -0.1) is 11.8 Å². The maximum Gasteiger partial charge on any atom is 0.140 e. The maximum absolute atomic E-state index is 13.6. The molecule has 0 radical (unpaired) electrons. The van der Waals surface area contributed by atoms with Crippen LogP contribution in [0.5, 0.6) is 0 Å². The van der Waals surface area contributed by atoms with Gasteiger partial charge in [0.25, 0.3) is 0 Å². The average molecular weight is 243 g/mol. The average Bonchev–Trinajstić information content (AvgIpc) is 2.30. The van der Waals surface area contributed by atoms with Gasteiger partial charge >= 0.3 is 0 Å². The highest BCUT2D eigenvalue weighted by Crippen LogP contribution is 2.31. The molecule has 0 bridgehead atoms. The molecule has 0 saturated carbocycles. The van der Waals surface area contributed by atoms with Crippen LogP contribution >= 0.6 is 11.8 Å². The Kier molecular flexibility index (Phi) is 3.82. The lowest BCUT2D eigenvalue weighted by molar-refractivity contribution is 0.453. The lowest BCUT2D eigenvalue weighted by Gasteiger charge is -2.23. The van der Waals surface area contributed by atoms with Gasteiger partial charge in [0.2, 0.25) is 0 Å². The maximum atomic E-state index is 13.6. The van der Waals surface area contributed by atoms with Gasteiger partial charge in [-0.25, -0.2) is 8.78 Å². The number of halogens is 2. The Labute approximate surface area is 98.6 Å². The zero-order chi connectivity index (χ0) is 11.5. The van der Waals surface area contributed by atoms with E-state index in [-0.39, 0.29) is 4.90 Å². The fraction of sp³-hybridized carbons (Fsp3) is 0.500. The number of piperidine rings is 1. The van der Waals surface area contributed by atoms with Crippen LogP contribution in [0.4, 0.5) is 8.78 Å². The third-order valence-electron chi connectivity index (χ3n) is 3.04. The molecular formula is C12H15F2NS. The van der Waals surface area contributed by atoms with E-state index in [9.17, 15) is 8.78 Å². The van der Waals surface area contributed by atoms with Gasteiger partial charge in [-0.2, -0.15) is 0 Å². The summed E-state index contributed by atoms with van der Waals surface area (Å²) in [6.07, 6.45) is 3.60. The van der Waals surface area contributed by atoms with Crippen molar-refractivity contribution >= 4 is 11.8 Å². The summed E-state index contributed by atoms with van der Waals surface area (Å²) in [6.45, 7) is 1.86. The molecule has 0 amide bonds. The van der Waals surface area contributed by atoms with Crippen LogP contribution in [-0.4, -0.2) is 19.3 Å². The van der Waals surface area contributed by atoms with Crippen LogP contribution in [0.3, 0.4) is 0 Å². The van der Waals surface area contributed by atoms with Crippen LogP contribution in [-0.2, 0) is 0 Å². The molecule has 1 aromatic rings. The number of nitrogens with one attached hydrogen (secondary N) is 1. The Morgan fingerprint density at radius 1 is 1.19 bits per heavy atom. The molecule has 1 heterocycles. The molecule has 1 aliphatic heterocycles. The highest BCUT2D eigenvalue weighted by molar-refractivity contribution is 7.98. The van der Waals surface area contributed by atoms with Crippen LogP contribution in [0.1, 0.15) is 24.3 Å². The van der Waals surface area contributed by atoms with Crippen molar-refractivity contribution in [2.75, 3.05) is 19.3 Å². The van der Waals surface area contributed by atoms with Gasteiger partial charge in [-0.3, -0.25) is 0 Å². The highest BCUT2D eigenvalue weighted by atomic mass is 32.2. The van der Waals surface area contributed by atoms with Crippen molar-refractivity contribution in [1.29, 1.82) is 0 Å². The minimum absolute atomic E-state index is 0.123. The molecule has 1 nitrogen and oxygen atoms in total. The van der Waals surface area contributed by atoms with E-state index in [4.69, 9.17) is 0 Å². The van der Waals surface area contributed by atoms with Gasteiger partial charge in [-0.05, 0) is 55.8 Å². The fourth-order valence-corrected chi connectivity index (χ4v) is 2.67. The first-order valence-corrected chi connectivity index (χ1v) is 6.68. The van der Waals surface area contributed by atoms with Crippen LogP contribution in [0.2, 0.25) is 0 Å². The summed E-state index contributed by atoms with van der Waals surface area (Å²) in [5, 5.41) is 3.24. The van der Waals surface area contributed by atoms with E-state index in [1.54, 1.807) is 6.26 Å². The van der Waals surface area contributed by atoms with E-state index in [1.807, 2.05) is 0 Å². The summed E-state index contributed by atoms with van der Waals surface area (Å²) in [5.74, 6) is -0.566. The molecule has 1 N–H and O–H groups in total. The van der Waals surface area contributed by atoms with Crippen molar-refractivity contribution in [3.05, 3.63) is 29.3 Å². The summed E-state index contributed by atoms with van der Waals surface area (Å²) in [5.41, 5.74) is 0.800. The smallest absolute Gasteiger partial charge is 0.140 e. The number of hydrogen-bond acceptors (Lipinski definition) is 2. The standard InChI is InChI=1S/C12H15F2NS/c1-16-12-10(13)6-9(7-11(12)14)8-2-4-15-5-3-8/h6-8,15H,2-5H2,1H3. The van der Waals surface area contributed by atoms with E-state index in [1.165, 1.54) is 12.1 Å². The molecular weight excluding hydrogens is 228 g/mol. The number of rotatable bonds is 2. The molecule has 4 heteroatoms. The summed E-state index contributed by atoms with van der Waals surface area (Å²) >= 11 is 1.12. The third-order valence-corrected chi connectivity index (χ3v) is 3.83. The van der Waals surface area contributed by atoms with Gasteiger partial charge in [0.1, 0.15) is 11.6 Å². The van der Waals surface area contributed by atoms with Crippen LogP contribution in [0.25, 0.3) is 0 Å². The summed E-state index contributed by atoms with van der Waals surface area (Å²) in [7, 11) is 0. The molecule has 16 heavy (non-hydrogen) atoms. The first-order chi connectivity index (χ1) is 7.72. The molecule has 88 valence electrons. The Hall–Kier alpha value is -0.610. The number of hydrogen-bond donors (Lipinski definition) is 1. The molecule has 2 rings (SSSR count). The second kappa shape index (κ2) is 5.15. The molecule has 0 aliphatic carbocycles. The van der Waals surface area contributed by atoms with Crippen molar-refractivity contribution in [1.82, 2.24) is 5.32 Å². The fourth-order valence-electron chi connectivity index (χ4n) is 2.17. The van der Waals surface area contributed by atoms with Gasteiger partial charge < -0.3 is 5.32 Å². The minimum atomic E-state index is -0.430. The first-order valence-electron chi connectivity index (χ1n) is 5.46. The molecule has 0 unspecified atom stereocenters. The van der Waals surface area contributed by atoms with E-state index in [0.29, 0.717) is 5.92 Å². The van der Waals surface area contributed by atoms with Crippen molar-refractivity contribution < 1.29 is 8.78 Å². The predicted molar refractivity (Wildman–Crippen MR) is 63.0 cm³/mol. The first kappa shape index (κ1) is 11.9. The van der Waals surface area contributed by atoms with Crippen LogP contribution in [0.15, 0.2) is 17.0 Å². The summed E-state index contributed by atoms with van der Waals surface area (Å²) < 4.78 is 27.2. The second-order valence-corrected chi connectivity index (χ2v) is 4.86. The normalized spacial score (nSPS) is 17.7. The molecule has 0 aromatic heterocycles. The lowest BCUT2D eigenvalue weighted by atomic mass is 9.90. The van der Waals surface area contributed by atoms with Gasteiger partial charge in [-0.1, -0.05) is 0 Å². The highest BCUT2D eigenvalue weighted by Gasteiger charge is 2.18. The molecule has 1 aromatic carbocycles. The van der Waals surface area contributed by atoms with E-state index >= 15 is 0 Å². The predicted octanol–water partition coefficient (Wildman–Crippen LogP) is 3.15. The van der Waals surface area contributed by atoms with Crippen molar-refractivity contribution in [3.8, 4) is 0 Å². The van der Waals surface area contributed by atoms with Crippen LogP contribution in [0, 0.1) is 11.6 Å². The number of thioether (sulfide) groups is 1. The molecule has 1 saturated heterocycles. The van der Waals surface area contributed by atoms with E-state index < -0.39 is 11.6 Å². The van der Waals surface area contributed by atoms with E-state index in [2.05, 4.69) is 5.32 Å². The third kappa shape index (κ3) is 2.38. The lowest BCUT2D eigenvalue weighted by Crippen LogP contribution is -2.26. The van der Waals surface area contributed by atoms with Gasteiger partial charge in [0, 0.05) is 0 Å². The minimum Gasteiger partial charge on any atom is -0.317 e. The zero-order valence-electron chi connectivity index (χ0n) is 9.22. The molecule has 1 fully saturated rings. The Balaban J connectivity index is 2.28. The molecule has 0 spiro atoms. The summed E-state index contributed by atoms with van der Waals surface area (Å²) in [6, 6.07) is 2.98. The van der Waals surface area contributed by atoms with Gasteiger partial charge in [0.05, 0.1) is 4.90 Å². The van der Waals surface area contributed by atoms with Crippen LogP contribution < -0.4 is 5.32 Å². The largest absolute Gasteiger partial charge is 0.317 e. The van der Waals surface area contributed by atoms with Gasteiger partial charge in [0.15, 0.2) is 0 Å². The van der Waals surface area contributed by atoms with E-state index in [0.717, 1.165) is 43.3 Å². The Morgan fingerprint density at radius 2 is 1.75 bits per heavy atom. The summed E-state index contributed by atoms with van der Waals surface area (Å²) in [4.78, 5) is 0.123. The topological polar surface area (TPSA) is 12.0 Å². The molecule has 1 aliphatic rings. The Bertz CT molecular complexity index is 352. The quantitative estimate of drug-likeness (QED) is 0.801. The number of benzene rings is 1. The zero-order valence-corrected chi connectivity index (χ0v) is 10.0. The SMILES string of the molecule is CSc1c(F)cc(C2CCNCC2)cc1F. The second-order valence-electron chi connectivity index (χ2n) is 4.04.